The summed E-state index contributed by atoms with van der Waals surface area (Å²) in [5.74, 6) is 0.463. The molecule has 2 N–H and O–H groups in total. The van der Waals surface area contributed by atoms with Gasteiger partial charge in [-0.2, -0.15) is 0 Å². The molecule has 0 bridgehead atoms. The summed E-state index contributed by atoms with van der Waals surface area (Å²) < 4.78 is 6.13. The first-order valence-electron chi connectivity index (χ1n) is 6.54. The predicted molar refractivity (Wildman–Crippen MR) is 83.7 cm³/mol. The van der Waals surface area contributed by atoms with Crippen LogP contribution in [0.5, 0.6) is 5.75 Å². The summed E-state index contributed by atoms with van der Waals surface area (Å²) in [4.78, 5) is 11.6. The maximum atomic E-state index is 11.6. The van der Waals surface area contributed by atoms with Gasteiger partial charge in [-0.15, -0.1) is 0 Å². The summed E-state index contributed by atoms with van der Waals surface area (Å²) in [6.45, 7) is 2.26. The number of rotatable bonds is 7. The molecule has 0 fully saturated rings. The molecule has 5 heteroatoms. The molecule has 0 aliphatic carbocycles. The highest BCUT2D eigenvalue weighted by Gasteiger charge is 2.04. The number of hydrogen-bond donors (Lipinski definition) is 2. The number of carbonyl (C=O) groups excluding carboxylic acids is 1. The van der Waals surface area contributed by atoms with Crippen LogP contribution in [0.2, 0.25) is 0 Å². The first kappa shape index (κ1) is 16.7. The largest absolute Gasteiger partial charge is 0.496 e. The molecule has 0 aliphatic heterocycles. The average molecular weight is 342 g/mol. The van der Waals surface area contributed by atoms with Crippen LogP contribution in [0, 0.1) is 0 Å². The first-order chi connectivity index (χ1) is 9.56. The predicted octanol–water partition coefficient (Wildman–Crippen LogP) is 2.75. The number of aliphatic hydroxyl groups excluding tert-OH is 1. The Labute approximate surface area is 128 Å². The Balaban J connectivity index is 2.59. The van der Waals surface area contributed by atoms with Crippen LogP contribution in [0.25, 0.3) is 6.08 Å². The van der Waals surface area contributed by atoms with Crippen molar-refractivity contribution in [3.05, 3.63) is 34.3 Å². The maximum Gasteiger partial charge on any atom is 0.244 e. The van der Waals surface area contributed by atoms with Crippen molar-refractivity contribution in [1.82, 2.24) is 5.32 Å². The highest BCUT2D eigenvalue weighted by molar-refractivity contribution is 9.10. The summed E-state index contributed by atoms with van der Waals surface area (Å²) in [5, 5.41) is 12.2. The molecule has 0 aromatic heterocycles. The Morgan fingerprint density at radius 1 is 1.55 bits per heavy atom. The van der Waals surface area contributed by atoms with E-state index in [1.165, 1.54) is 6.08 Å². The fraction of sp³-hybridized carbons (Fsp3) is 0.400. The van der Waals surface area contributed by atoms with E-state index in [-0.39, 0.29) is 12.5 Å². The first-order valence-corrected chi connectivity index (χ1v) is 7.33. The SMILES string of the molecule is CCCC(O)CNC(=O)/C=C/c1cc(Br)ccc1OC. The van der Waals surface area contributed by atoms with E-state index < -0.39 is 6.10 Å². The Kier molecular flexibility index (Phi) is 7.33. The number of carbonyl (C=O) groups is 1. The van der Waals surface area contributed by atoms with E-state index in [0.29, 0.717) is 12.2 Å². The van der Waals surface area contributed by atoms with Crippen LogP contribution in [-0.2, 0) is 4.79 Å². The molecule has 0 spiro atoms. The van der Waals surface area contributed by atoms with E-state index in [1.807, 2.05) is 25.1 Å². The van der Waals surface area contributed by atoms with E-state index in [1.54, 1.807) is 13.2 Å². The van der Waals surface area contributed by atoms with E-state index in [0.717, 1.165) is 16.5 Å². The van der Waals surface area contributed by atoms with Crippen molar-refractivity contribution < 1.29 is 14.6 Å². The second kappa shape index (κ2) is 8.76. The van der Waals surface area contributed by atoms with Crippen molar-refractivity contribution in [1.29, 1.82) is 0 Å². The number of aliphatic hydroxyl groups is 1. The van der Waals surface area contributed by atoms with Gasteiger partial charge in [0.2, 0.25) is 5.91 Å². The van der Waals surface area contributed by atoms with Crippen LogP contribution in [0.1, 0.15) is 25.3 Å². The second-order valence-corrected chi connectivity index (χ2v) is 5.32. The molecule has 20 heavy (non-hydrogen) atoms. The number of ether oxygens (including phenoxy) is 1. The van der Waals surface area contributed by atoms with Gasteiger partial charge in [-0.05, 0) is 30.7 Å². The third kappa shape index (κ3) is 5.75. The van der Waals surface area contributed by atoms with Gasteiger partial charge in [0.05, 0.1) is 13.2 Å². The molecule has 1 aromatic rings. The monoisotopic (exact) mass is 341 g/mol. The molecule has 1 rings (SSSR count). The molecule has 0 saturated carbocycles. The molecule has 1 amide bonds. The molecule has 110 valence electrons. The lowest BCUT2D eigenvalue weighted by atomic mass is 10.2. The highest BCUT2D eigenvalue weighted by atomic mass is 79.9. The van der Waals surface area contributed by atoms with Crippen molar-refractivity contribution in [3.8, 4) is 5.75 Å². The number of amides is 1. The number of halogens is 1. The minimum Gasteiger partial charge on any atom is -0.496 e. The topological polar surface area (TPSA) is 58.6 Å². The van der Waals surface area contributed by atoms with Gasteiger partial charge in [0, 0.05) is 22.7 Å². The van der Waals surface area contributed by atoms with E-state index in [4.69, 9.17) is 4.74 Å². The fourth-order valence-corrected chi connectivity index (χ4v) is 2.09. The van der Waals surface area contributed by atoms with Gasteiger partial charge in [-0.1, -0.05) is 29.3 Å². The van der Waals surface area contributed by atoms with E-state index in [2.05, 4.69) is 21.2 Å². The molecule has 0 saturated heterocycles. The summed E-state index contributed by atoms with van der Waals surface area (Å²) >= 11 is 3.38. The van der Waals surface area contributed by atoms with Crippen LogP contribution >= 0.6 is 15.9 Å². The molecular weight excluding hydrogens is 322 g/mol. The summed E-state index contributed by atoms with van der Waals surface area (Å²) in [6, 6.07) is 5.57. The zero-order valence-electron chi connectivity index (χ0n) is 11.7. The maximum absolute atomic E-state index is 11.6. The Bertz CT molecular complexity index is 474. The van der Waals surface area contributed by atoms with Crippen LogP contribution in [0.3, 0.4) is 0 Å². The molecule has 1 atom stereocenters. The van der Waals surface area contributed by atoms with Crippen LogP contribution in [0.15, 0.2) is 28.7 Å². The quantitative estimate of drug-likeness (QED) is 0.749. The van der Waals surface area contributed by atoms with Gasteiger partial charge < -0.3 is 15.2 Å². The lowest BCUT2D eigenvalue weighted by Crippen LogP contribution is -2.30. The number of benzene rings is 1. The average Bonchev–Trinajstić information content (AvgIpc) is 2.43. The third-order valence-corrected chi connectivity index (χ3v) is 3.23. The summed E-state index contributed by atoms with van der Waals surface area (Å²) in [7, 11) is 1.59. The van der Waals surface area contributed by atoms with Crippen molar-refractivity contribution in [2.75, 3.05) is 13.7 Å². The smallest absolute Gasteiger partial charge is 0.244 e. The minimum absolute atomic E-state index is 0.234. The van der Waals surface area contributed by atoms with Gasteiger partial charge in [0.1, 0.15) is 5.75 Å². The molecule has 4 nitrogen and oxygen atoms in total. The Morgan fingerprint density at radius 3 is 2.95 bits per heavy atom. The third-order valence-electron chi connectivity index (χ3n) is 2.74. The normalized spacial score (nSPS) is 12.4. The molecule has 0 heterocycles. The van der Waals surface area contributed by atoms with Gasteiger partial charge >= 0.3 is 0 Å². The summed E-state index contributed by atoms with van der Waals surface area (Å²) in [5.41, 5.74) is 0.811. The zero-order chi connectivity index (χ0) is 15.0. The van der Waals surface area contributed by atoms with Crippen LogP contribution in [-0.4, -0.2) is 30.8 Å². The number of methoxy groups -OCH3 is 1. The number of hydrogen-bond acceptors (Lipinski definition) is 3. The van der Waals surface area contributed by atoms with Crippen molar-refractivity contribution in [2.24, 2.45) is 0 Å². The van der Waals surface area contributed by atoms with Crippen LogP contribution < -0.4 is 10.1 Å². The molecule has 0 radical (unpaired) electrons. The highest BCUT2D eigenvalue weighted by Crippen LogP contribution is 2.23. The van der Waals surface area contributed by atoms with Crippen molar-refractivity contribution >= 4 is 27.9 Å². The van der Waals surface area contributed by atoms with Gasteiger partial charge in [-0.3, -0.25) is 4.79 Å². The fourth-order valence-electron chi connectivity index (χ4n) is 1.71. The summed E-state index contributed by atoms with van der Waals surface area (Å²) in [6.07, 6.45) is 4.21. The Hall–Kier alpha value is -1.33. The lowest BCUT2D eigenvalue weighted by Gasteiger charge is -2.09. The van der Waals surface area contributed by atoms with E-state index >= 15 is 0 Å². The molecule has 1 aromatic carbocycles. The standard InChI is InChI=1S/C15H20BrNO3/c1-3-4-13(18)10-17-15(19)8-5-11-9-12(16)6-7-14(11)20-2/h5-9,13,18H,3-4,10H2,1-2H3,(H,17,19)/b8-5+. The van der Waals surface area contributed by atoms with Crippen molar-refractivity contribution in [3.63, 3.8) is 0 Å². The van der Waals surface area contributed by atoms with Gasteiger partial charge in [0.15, 0.2) is 0 Å². The molecule has 0 aliphatic rings. The van der Waals surface area contributed by atoms with Gasteiger partial charge in [0.25, 0.3) is 0 Å². The minimum atomic E-state index is -0.488. The molecule has 1 unspecified atom stereocenters. The van der Waals surface area contributed by atoms with Crippen molar-refractivity contribution in [2.45, 2.75) is 25.9 Å². The zero-order valence-corrected chi connectivity index (χ0v) is 13.3. The number of nitrogens with one attached hydrogen (secondary N) is 1. The van der Waals surface area contributed by atoms with Crippen LogP contribution in [0.4, 0.5) is 0 Å². The second-order valence-electron chi connectivity index (χ2n) is 4.41. The Morgan fingerprint density at radius 2 is 2.30 bits per heavy atom. The van der Waals surface area contributed by atoms with E-state index in [9.17, 15) is 9.90 Å². The molecular formula is C15H20BrNO3. The van der Waals surface area contributed by atoms with Gasteiger partial charge in [-0.25, -0.2) is 0 Å². The lowest BCUT2D eigenvalue weighted by molar-refractivity contribution is -0.116.